The van der Waals surface area contributed by atoms with Crippen LogP contribution in [0.25, 0.3) is 11.3 Å². The molecule has 0 spiro atoms. The van der Waals surface area contributed by atoms with Gasteiger partial charge < -0.3 is 20.9 Å². The summed E-state index contributed by atoms with van der Waals surface area (Å²) in [6.07, 6.45) is 5.44. The Labute approximate surface area is 210 Å². The fraction of sp³-hybridized carbons (Fsp3) is 0.385. The van der Waals surface area contributed by atoms with E-state index in [1.165, 1.54) is 5.56 Å². The lowest BCUT2D eigenvalue weighted by atomic mass is 9.87. The number of pyridine rings is 1. The summed E-state index contributed by atoms with van der Waals surface area (Å²) in [5.41, 5.74) is 4.07. The molecule has 2 aliphatic heterocycles. The Hall–Kier alpha value is -3.23. The molecule has 5 rings (SSSR count). The van der Waals surface area contributed by atoms with Crippen LogP contribution in [0, 0.1) is 0 Å². The Morgan fingerprint density at radius 1 is 1.17 bits per heavy atom. The first-order valence-corrected chi connectivity index (χ1v) is 12.3. The van der Waals surface area contributed by atoms with Gasteiger partial charge in [0.1, 0.15) is 5.82 Å². The molecule has 9 heteroatoms. The van der Waals surface area contributed by atoms with Crippen molar-refractivity contribution in [2.75, 3.05) is 37.3 Å². The Morgan fingerprint density at radius 3 is 2.74 bits per heavy atom. The minimum Gasteiger partial charge on any atom is -0.369 e. The van der Waals surface area contributed by atoms with E-state index in [-0.39, 0.29) is 17.4 Å². The highest BCUT2D eigenvalue weighted by molar-refractivity contribution is 6.33. The first-order valence-electron chi connectivity index (χ1n) is 11.9. The van der Waals surface area contributed by atoms with Crippen LogP contribution in [0.4, 0.5) is 17.5 Å². The molecule has 0 unspecified atom stereocenters. The zero-order chi connectivity index (χ0) is 24.6. The van der Waals surface area contributed by atoms with Gasteiger partial charge in [0.2, 0.25) is 5.95 Å². The lowest BCUT2D eigenvalue weighted by Gasteiger charge is -2.29. The van der Waals surface area contributed by atoms with Crippen LogP contribution in [0.2, 0.25) is 5.02 Å². The molecule has 1 fully saturated rings. The van der Waals surface area contributed by atoms with Gasteiger partial charge in [0.25, 0.3) is 5.91 Å². The van der Waals surface area contributed by atoms with Crippen molar-refractivity contribution in [1.82, 2.24) is 25.2 Å². The van der Waals surface area contributed by atoms with E-state index in [1.807, 2.05) is 12.3 Å². The first-order chi connectivity index (χ1) is 16.8. The average molecular weight is 492 g/mol. The number of hydrogen-bond acceptors (Lipinski definition) is 7. The number of carbonyl (C=O) groups excluding carboxylic acids is 1. The summed E-state index contributed by atoms with van der Waals surface area (Å²) in [5.74, 6) is 1.25. The molecular weight excluding hydrogens is 462 g/mol. The second-order valence-corrected chi connectivity index (χ2v) is 10.4. The lowest BCUT2D eigenvalue weighted by molar-refractivity contribution is 0.0917. The van der Waals surface area contributed by atoms with E-state index in [9.17, 15) is 4.79 Å². The minimum absolute atomic E-state index is 0.0152. The Bertz CT molecular complexity index is 1250. The van der Waals surface area contributed by atoms with Crippen molar-refractivity contribution in [3.05, 3.63) is 58.9 Å². The maximum atomic E-state index is 12.7. The number of hydrogen-bond donors (Lipinski definition) is 3. The number of nitrogens with one attached hydrogen (secondary N) is 3. The molecule has 2 aliphatic rings. The number of fused-ring (bicyclic) bond motifs is 1. The smallest absolute Gasteiger partial charge is 0.251 e. The summed E-state index contributed by atoms with van der Waals surface area (Å²) in [7, 11) is 2.10. The number of amides is 1. The Morgan fingerprint density at radius 2 is 1.97 bits per heavy atom. The lowest BCUT2D eigenvalue weighted by Crippen LogP contribution is -2.43. The molecule has 3 N–H and O–H groups in total. The van der Waals surface area contributed by atoms with Gasteiger partial charge in [0.05, 0.1) is 16.4 Å². The summed E-state index contributed by atoms with van der Waals surface area (Å²) >= 11 is 6.52. The molecule has 1 aromatic carbocycles. The molecule has 0 saturated carbocycles. The van der Waals surface area contributed by atoms with Gasteiger partial charge in [-0.3, -0.25) is 4.79 Å². The number of halogens is 1. The molecule has 8 nitrogen and oxygen atoms in total. The highest BCUT2D eigenvalue weighted by Gasteiger charge is 2.31. The van der Waals surface area contributed by atoms with E-state index in [0.717, 1.165) is 49.6 Å². The standard InChI is InChI=1S/C26H30ClN7O/c1-26(2)15-30-23-19(26)12-17(14-29-23)21-6-9-28-25(32-21)33-22-5-4-16(13-20(22)27)24(35)31-18-7-10-34(3)11-8-18/h4-6,9,12-14,18H,7-8,10-11,15H2,1-3H3,(H,29,30)(H,31,35)(H,28,32,33). The third kappa shape index (κ3) is 5.09. The molecule has 182 valence electrons. The van der Waals surface area contributed by atoms with Crippen molar-refractivity contribution in [1.29, 1.82) is 0 Å². The van der Waals surface area contributed by atoms with E-state index < -0.39 is 0 Å². The van der Waals surface area contributed by atoms with Gasteiger partial charge in [0.15, 0.2) is 0 Å². The summed E-state index contributed by atoms with van der Waals surface area (Å²) in [6.45, 7) is 7.24. The van der Waals surface area contributed by atoms with Crippen LogP contribution in [0.3, 0.4) is 0 Å². The number of nitrogens with zero attached hydrogens (tertiary/aromatic N) is 4. The van der Waals surface area contributed by atoms with Gasteiger partial charge in [-0.05, 0) is 63.3 Å². The maximum absolute atomic E-state index is 12.7. The molecule has 0 bridgehead atoms. The molecular formula is C26H30ClN7O. The van der Waals surface area contributed by atoms with Crippen LogP contribution in [-0.4, -0.2) is 58.5 Å². The number of piperidine rings is 1. The summed E-state index contributed by atoms with van der Waals surface area (Å²) in [6, 6.07) is 9.43. The van der Waals surface area contributed by atoms with Crippen molar-refractivity contribution in [3.8, 4) is 11.3 Å². The van der Waals surface area contributed by atoms with Gasteiger partial charge in [0, 0.05) is 47.1 Å². The van der Waals surface area contributed by atoms with Gasteiger partial charge in [-0.2, -0.15) is 0 Å². The van der Waals surface area contributed by atoms with Crippen molar-refractivity contribution in [2.45, 2.75) is 38.1 Å². The highest BCUT2D eigenvalue weighted by Crippen LogP contribution is 2.37. The normalized spacial score (nSPS) is 17.5. The largest absolute Gasteiger partial charge is 0.369 e. The SMILES string of the molecule is CN1CCC(NC(=O)c2ccc(Nc3nccc(-c4cnc5c(c4)C(C)(C)CN5)n3)c(Cl)c2)CC1. The van der Waals surface area contributed by atoms with Crippen LogP contribution in [0.5, 0.6) is 0 Å². The van der Waals surface area contributed by atoms with Crippen LogP contribution in [-0.2, 0) is 5.41 Å². The number of likely N-dealkylation sites (tertiary alicyclic amines) is 1. The minimum atomic E-state index is -0.104. The van der Waals surface area contributed by atoms with Gasteiger partial charge in [-0.1, -0.05) is 25.4 Å². The van der Waals surface area contributed by atoms with E-state index >= 15 is 0 Å². The fourth-order valence-electron chi connectivity index (χ4n) is 4.54. The van der Waals surface area contributed by atoms with Gasteiger partial charge in [-0.15, -0.1) is 0 Å². The van der Waals surface area contributed by atoms with Crippen LogP contribution in [0.15, 0.2) is 42.7 Å². The van der Waals surface area contributed by atoms with E-state index in [0.29, 0.717) is 22.2 Å². The van der Waals surface area contributed by atoms with E-state index in [1.54, 1.807) is 24.4 Å². The summed E-state index contributed by atoms with van der Waals surface area (Å²) in [4.78, 5) is 28.6. The second kappa shape index (κ2) is 9.43. The predicted molar refractivity (Wildman–Crippen MR) is 139 cm³/mol. The molecule has 1 saturated heterocycles. The van der Waals surface area contributed by atoms with Crippen LogP contribution in [0.1, 0.15) is 42.6 Å². The third-order valence-electron chi connectivity index (χ3n) is 6.80. The Balaban J connectivity index is 1.30. The first kappa shape index (κ1) is 23.5. The molecule has 0 atom stereocenters. The van der Waals surface area contributed by atoms with Crippen LogP contribution < -0.4 is 16.0 Å². The van der Waals surface area contributed by atoms with Gasteiger partial charge >= 0.3 is 0 Å². The van der Waals surface area contributed by atoms with Crippen molar-refractivity contribution in [2.24, 2.45) is 0 Å². The molecule has 0 radical (unpaired) electrons. The summed E-state index contributed by atoms with van der Waals surface area (Å²) < 4.78 is 0. The monoisotopic (exact) mass is 491 g/mol. The van der Waals surface area contributed by atoms with Gasteiger partial charge in [-0.25, -0.2) is 15.0 Å². The maximum Gasteiger partial charge on any atom is 0.251 e. The second-order valence-electron chi connectivity index (χ2n) is 9.99. The van der Waals surface area contributed by atoms with Crippen molar-refractivity contribution >= 4 is 35.0 Å². The number of rotatable bonds is 5. The van der Waals surface area contributed by atoms with Crippen molar-refractivity contribution in [3.63, 3.8) is 0 Å². The number of aromatic nitrogens is 3. The highest BCUT2D eigenvalue weighted by atomic mass is 35.5. The average Bonchev–Trinajstić information content (AvgIpc) is 3.16. The predicted octanol–water partition coefficient (Wildman–Crippen LogP) is 4.46. The molecule has 3 aromatic rings. The number of benzene rings is 1. The quantitative estimate of drug-likeness (QED) is 0.485. The zero-order valence-electron chi connectivity index (χ0n) is 20.2. The van der Waals surface area contributed by atoms with E-state index in [4.69, 9.17) is 11.6 Å². The molecule has 4 heterocycles. The molecule has 35 heavy (non-hydrogen) atoms. The third-order valence-corrected chi connectivity index (χ3v) is 7.11. The number of carbonyl (C=O) groups is 1. The zero-order valence-corrected chi connectivity index (χ0v) is 21.0. The fourth-order valence-corrected chi connectivity index (χ4v) is 4.77. The number of anilines is 3. The Kier molecular flexibility index (Phi) is 6.34. The molecule has 2 aromatic heterocycles. The van der Waals surface area contributed by atoms with E-state index in [2.05, 4.69) is 62.8 Å². The molecule has 1 amide bonds. The summed E-state index contributed by atoms with van der Waals surface area (Å²) in [5, 5.41) is 10.1. The van der Waals surface area contributed by atoms with Crippen LogP contribution >= 0.6 is 11.6 Å². The van der Waals surface area contributed by atoms with Crippen molar-refractivity contribution < 1.29 is 4.79 Å². The molecule has 0 aliphatic carbocycles. The topological polar surface area (TPSA) is 95.1 Å².